The third-order valence-electron chi connectivity index (χ3n) is 6.81. The van der Waals surface area contributed by atoms with Gasteiger partial charge in [0.15, 0.2) is 5.82 Å². The van der Waals surface area contributed by atoms with Crippen molar-refractivity contribution in [2.75, 3.05) is 18.6 Å². The number of para-hydroxylation sites is 1. The first-order valence-electron chi connectivity index (χ1n) is 12.1. The number of nitrogens with zero attached hydrogens (tertiary/aromatic N) is 5. The molecule has 0 amide bonds. The fraction of sp³-hybridized carbons (Fsp3) is 0.214. The van der Waals surface area contributed by atoms with Gasteiger partial charge < -0.3 is 14.6 Å². The molecule has 0 aliphatic carbocycles. The molecule has 36 heavy (non-hydrogen) atoms. The molecule has 1 aliphatic heterocycles. The zero-order valence-corrected chi connectivity index (χ0v) is 20.0. The first kappa shape index (κ1) is 22.0. The third-order valence-corrected chi connectivity index (χ3v) is 6.81. The summed E-state index contributed by atoms with van der Waals surface area (Å²) in [4.78, 5) is 18.9. The first-order chi connectivity index (χ1) is 17.7. The van der Waals surface area contributed by atoms with Crippen LogP contribution in [0.2, 0.25) is 0 Å². The van der Waals surface area contributed by atoms with E-state index in [0.29, 0.717) is 23.7 Å². The van der Waals surface area contributed by atoms with Gasteiger partial charge in [-0.05, 0) is 64.0 Å². The van der Waals surface area contributed by atoms with E-state index in [-0.39, 0.29) is 5.56 Å². The molecule has 5 aromatic rings. The van der Waals surface area contributed by atoms with Crippen molar-refractivity contribution in [1.82, 2.24) is 25.2 Å². The number of ether oxygens (including phenoxy) is 1. The molecule has 0 saturated carbocycles. The number of H-pyrrole nitrogens is 1. The fourth-order valence-corrected chi connectivity index (χ4v) is 5.08. The molecule has 1 aliphatic rings. The van der Waals surface area contributed by atoms with Crippen LogP contribution in [-0.2, 0) is 13.0 Å². The number of benzene rings is 3. The molecule has 180 valence electrons. The molecule has 3 heterocycles. The lowest BCUT2D eigenvalue weighted by Crippen LogP contribution is -2.38. The van der Waals surface area contributed by atoms with Gasteiger partial charge in [-0.3, -0.25) is 4.79 Å². The maximum atomic E-state index is 13.6. The Hall–Kier alpha value is -4.46. The number of fused-ring (bicyclic) bond motifs is 2. The topological polar surface area (TPSA) is 88.9 Å². The van der Waals surface area contributed by atoms with E-state index in [2.05, 4.69) is 43.6 Å². The Morgan fingerprint density at radius 2 is 1.86 bits per heavy atom. The molecule has 2 aromatic heterocycles. The minimum Gasteiger partial charge on any atom is -0.497 e. The Morgan fingerprint density at radius 3 is 2.72 bits per heavy atom. The smallest absolute Gasteiger partial charge is 0.254 e. The first-order valence-corrected chi connectivity index (χ1v) is 12.1. The Kier molecular flexibility index (Phi) is 5.69. The molecule has 1 atom stereocenters. The highest BCUT2D eigenvalue weighted by molar-refractivity contribution is 5.81. The van der Waals surface area contributed by atoms with Gasteiger partial charge in [0, 0.05) is 23.9 Å². The predicted octanol–water partition coefficient (Wildman–Crippen LogP) is 4.11. The van der Waals surface area contributed by atoms with Crippen LogP contribution in [-0.4, -0.2) is 38.8 Å². The SMILES string of the molecule is COc1ccc2cc(C(c3nnnn3Cc3ccccc3)N3CCCc4ccccc43)c(=O)[nH]c2c1. The monoisotopic (exact) mass is 478 g/mol. The van der Waals surface area contributed by atoms with E-state index in [1.54, 1.807) is 11.8 Å². The summed E-state index contributed by atoms with van der Waals surface area (Å²) in [5.41, 5.74) is 4.62. The van der Waals surface area contributed by atoms with Crippen LogP contribution in [0.15, 0.2) is 83.7 Å². The van der Waals surface area contributed by atoms with E-state index >= 15 is 0 Å². The van der Waals surface area contributed by atoms with Crippen molar-refractivity contribution >= 4 is 16.6 Å². The van der Waals surface area contributed by atoms with Crippen molar-refractivity contribution in [3.63, 3.8) is 0 Å². The molecule has 0 bridgehead atoms. The summed E-state index contributed by atoms with van der Waals surface area (Å²) in [6, 6.07) is 25.7. The number of nitrogens with one attached hydrogen (secondary N) is 1. The molecule has 8 heteroatoms. The van der Waals surface area contributed by atoms with Gasteiger partial charge in [-0.15, -0.1) is 5.10 Å². The number of rotatable bonds is 6. The van der Waals surface area contributed by atoms with E-state index in [1.165, 1.54) is 5.56 Å². The molecule has 1 unspecified atom stereocenters. The van der Waals surface area contributed by atoms with Crippen LogP contribution in [0.5, 0.6) is 5.75 Å². The van der Waals surface area contributed by atoms with Gasteiger partial charge in [-0.1, -0.05) is 48.5 Å². The second-order valence-electron chi connectivity index (χ2n) is 9.02. The van der Waals surface area contributed by atoms with Gasteiger partial charge in [0.25, 0.3) is 5.56 Å². The zero-order chi connectivity index (χ0) is 24.5. The van der Waals surface area contributed by atoms with Crippen LogP contribution >= 0.6 is 0 Å². The Balaban J connectivity index is 1.53. The van der Waals surface area contributed by atoms with E-state index in [9.17, 15) is 4.79 Å². The summed E-state index contributed by atoms with van der Waals surface area (Å²) < 4.78 is 7.15. The van der Waals surface area contributed by atoms with Crippen LogP contribution in [0.4, 0.5) is 5.69 Å². The van der Waals surface area contributed by atoms with Crippen molar-refractivity contribution < 1.29 is 4.74 Å². The van der Waals surface area contributed by atoms with Crippen LogP contribution in [0.3, 0.4) is 0 Å². The number of methoxy groups -OCH3 is 1. The highest BCUT2D eigenvalue weighted by Crippen LogP contribution is 2.36. The second kappa shape index (κ2) is 9.30. The van der Waals surface area contributed by atoms with Gasteiger partial charge in [0.05, 0.1) is 19.2 Å². The number of tetrazole rings is 1. The van der Waals surface area contributed by atoms with Crippen LogP contribution in [0.1, 0.15) is 35.0 Å². The number of aromatic nitrogens is 5. The third kappa shape index (κ3) is 4.00. The minimum atomic E-state index is -0.458. The average molecular weight is 479 g/mol. The summed E-state index contributed by atoms with van der Waals surface area (Å²) in [6.45, 7) is 1.30. The molecule has 0 radical (unpaired) electrons. The van der Waals surface area contributed by atoms with E-state index in [4.69, 9.17) is 4.74 Å². The Morgan fingerprint density at radius 1 is 1.03 bits per heavy atom. The van der Waals surface area contributed by atoms with Crippen molar-refractivity contribution in [2.45, 2.75) is 25.4 Å². The van der Waals surface area contributed by atoms with Gasteiger partial charge in [-0.2, -0.15) is 0 Å². The largest absolute Gasteiger partial charge is 0.497 e. The zero-order valence-electron chi connectivity index (χ0n) is 20.0. The van der Waals surface area contributed by atoms with E-state index in [0.717, 1.165) is 41.5 Å². The van der Waals surface area contributed by atoms with E-state index in [1.807, 2.05) is 60.7 Å². The van der Waals surface area contributed by atoms with E-state index < -0.39 is 6.04 Å². The average Bonchev–Trinajstić information content (AvgIpc) is 3.37. The van der Waals surface area contributed by atoms with Crippen LogP contribution in [0, 0.1) is 0 Å². The van der Waals surface area contributed by atoms with Crippen LogP contribution < -0.4 is 15.2 Å². The normalized spacial score (nSPS) is 14.0. The van der Waals surface area contributed by atoms with Gasteiger partial charge in [0.1, 0.15) is 11.8 Å². The summed E-state index contributed by atoms with van der Waals surface area (Å²) in [5, 5.41) is 13.8. The van der Waals surface area contributed by atoms with Gasteiger partial charge in [0.2, 0.25) is 0 Å². The fourth-order valence-electron chi connectivity index (χ4n) is 5.08. The summed E-state index contributed by atoms with van der Waals surface area (Å²) >= 11 is 0. The number of pyridine rings is 1. The Labute approximate surface area is 208 Å². The van der Waals surface area contributed by atoms with Crippen molar-refractivity contribution in [1.29, 1.82) is 0 Å². The maximum Gasteiger partial charge on any atom is 0.254 e. The standard InChI is InChI=1S/C28H26N6O2/c1-36-22-14-13-21-16-23(28(35)29-24(21)17-22)26(33-15-7-11-20-10-5-6-12-25(20)33)27-30-31-32-34(27)18-19-8-3-2-4-9-19/h2-6,8-10,12-14,16-17,26H,7,11,15,18H2,1H3,(H,29,35). The summed E-state index contributed by atoms with van der Waals surface area (Å²) in [6.07, 6.45) is 1.98. The van der Waals surface area contributed by atoms with Crippen LogP contribution in [0.25, 0.3) is 10.9 Å². The predicted molar refractivity (Wildman–Crippen MR) is 138 cm³/mol. The molecule has 0 spiro atoms. The van der Waals surface area contributed by atoms with Gasteiger partial charge in [-0.25, -0.2) is 4.68 Å². The lowest BCUT2D eigenvalue weighted by Gasteiger charge is -2.37. The quantitative estimate of drug-likeness (QED) is 0.395. The number of hydrogen-bond acceptors (Lipinski definition) is 6. The number of aromatic amines is 1. The summed E-state index contributed by atoms with van der Waals surface area (Å²) in [5.74, 6) is 1.33. The molecule has 0 fully saturated rings. The lowest BCUT2D eigenvalue weighted by atomic mass is 9.96. The number of aryl methyl sites for hydroxylation is 1. The highest BCUT2D eigenvalue weighted by atomic mass is 16.5. The maximum absolute atomic E-state index is 13.6. The molecule has 3 aromatic carbocycles. The highest BCUT2D eigenvalue weighted by Gasteiger charge is 2.33. The van der Waals surface area contributed by atoms with Crippen molar-refractivity contribution in [3.05, 3.63) is 112 Å². The minimum absolute atomic E-state index is 0.168. The molecule has 0 saturated heterocycles. The van der Waals surface area contributed by atoms with Gasteiger partial charge >= 0.3 is 0 Å². The molecule has 6 rings (SSSR count). The number of hydrogen-bond donors (Lipinski definition) is 1. The molecular weight excluding hydrogens is 452 g/mol. The molecule has 8 nitrogen and oxygen atoms in total. The second-order valence-corrected chi connectivity index (χ2v) is 9.02. The lowest BCUT2D eigenvalue weighted by molar-refractivity contribution is 0.415. The molecule has 1 N–H and O–H groups in total. The van der Waals surface area contributed by atoms with Crippen molar-refractivity contribution in [3.8, 4) is 5.75 Å². The summed E-state index contributed by atoms with van der Waals surface area (Å²) in [7, 11) is 1.62. The van der Waals surface area contributed by atoms with Crippen molar-refractivity contribution in [2.24, 2.45) is 0 Å². The number of anilines is 1. The Bertz CT molecular complexity index is 1580. The molecular formula is C28H26N6O2.